The quantitative estimate of drug-likeness (QED) is 0.830. The number of carbonyl (C=O) groups is 2. The van der Waals surface area contributed by atoms with Crippen molar-refractivity contribution >= 4 is 39.1 Å². The largest absolute Gasteiger partial charge is 0.466 e. The van der Waals surface area contributed by atoms with Gasteiger partial charge in [0, 0.05) is 6.04 Å². The predicted octanol–water partition coefficient (Wildman–Crippen LogP) is 2.53. The van der Waals surface area contributed by atoms with Gasteiger partial charge < -0.3 is 10.1 Å². The predicted molar refractivity (Wildman–Crippen MR) is 77.3 cm³/mol. The average Bonchev–Trinajstić information content (AvgIpc) is 2.67. The molecule has 0 aliphatic heterocycles. The maximum atomic E-state index is 12.0. The number of nitrogens with zero attached hydrogens (tertiary/aromatic N) is 1. The lowest BCUT2D eigenvalue weighted by Gasteiger charge is -2.19. The zero-order valence-electron chi connectivity index (χ0n) is 11.3. The highest BCUT2D eigenvalue weighted by Crippen LogP contribution is 2.24. The average molecular weight is 349 g/mol. The summed E-state index contributed by atoms with van der Waals surface area (Å²) < 4.78 is 5.62. The van der Waals surface area contributed by atoms with Crippen molar-refractivity contribution in [1.29, 1.82) is 0 Å². The van der Waals surface area contributed by atoms with Gasteiger partial charge in [0.2, 0.25) is 0 Å². The molecule has 0 aliphatic carbocycles. The molecule has 0 aromatic carbocycles. The lowest BCUT2D eigenvalue weighted by molar-refractivity contribution is -0.148. The number of halogens is 1. The number of amides is 1. The molecule has 106 valence electrons. The summed E-state index contributed by atoms with van der Waals surface area (Å²) >= 11 is 4.70. The van der Waals surface area contributed by atoms with Crippen LogP contribution >= 0.6 is 27.3 Å². The molecule has 19 heavy (non-hydrogen) atoms. The third-order valence-corrected chi connectivity index (χ3v) is 4.30. The Labute approximate surface area is 124 Å². The van der Waals surface area contributed by atoms with Gasteiger partial charge in [0.25, 0.3) is 5.91 Å². The fraction of sp³-hybridized carbons (Fsp3) is 0.583. The topological polar surface area (TPSA) is 68.3 Å². The molecule has 1 heterocycles. The third kappa shape index (κ3) is 4.28. The highest BCUT2D eigenvalue weighted by molar-refractivity contribution is 9.11. The summed E-state index contributed by atoms with van der Waals surface area (Å²) in [6.45, 7) is 7.41. The fourth-order valence-electron chi connectivity index (χ4n) is 1.42. The number of aromatic nitrogens is 1. The van der Waals surface area contributed by atoms with Gasteiger partial charge in [-0.25, -0.2) is 4.98 Å². The van der Waals surface area contributed by atoms with Crippen molar-refractivity contribution < 1.29 is 14.3 Å². The van der Waals surface area contributed by atoms with Crippen molar-refractivity contribution in [2.24, 2.45) is 5.92 Å². The van der Waals surface area contributed by atoms with Crippen molar-refractivity contribution in [3.8, 4) is 0 Å². The number of hydrogen-bond donors (Lipinski definition) is 1. The maximum Gasteiger partial charge on any atom is 0.310 e. The zero-order valence-corrected chi connectivity index (χ0v) is 13.7. The summed E-state index contributed by atoms with van der Waals surface area (Å²) in [5.41, 5.74) is 0.352. The van der Waals surface area contributed by atoms with E-state index in [1.54, 1.807) is 20.8 Å². The second kappa shape index (κ2) is 7.00. The molecule has 0 bridgehead atoms. The first-order valence-corrected chi connectivity index (χ1v) is 7.58. The highest BCUT2D eigenvalue weighted by Gasteiger charge is 2.25. The van der Waals surface area contributed by atoms with Crippen LogP contribution < -0.4 is 5.32 Å². The van der Waals surface area contributed by atoms with E-state index in [0.29, 0.717) is 16.1 Å². The number of aryl methyl sites for hydroxylation is 1. The van der Waals surface area contributed by atoms with Crippen LogP contribution in [0.25, 0.3) is 0 Å². The number of carbonyl (C=O) groups excluding carboxylic acids is 2. The summed E-state index contributed by atoms with van der Waals surface area (Å²) in [5.74, 6) is -1.01. The lowest BCUT2D eigenvalue weighted by Crippen LogP contribution is -2.40. The van der Waals surface area contributed by atoms with E-state index in [2.05, 4.69) is 26.2 Å². The Hall–Kier alpha value is -0.950. The van der Waals surface area contributed by atoms with E-state index in [4.69, 9.17) is 4.74 Å². The van der Waals surface area contributed by atoms with Crippen molar-refractivity contribution in [3.63, 3.8) is 0 Å². The monoisotopic (exact) mass is 348 g/mol. The molecule has 1 aromatic rings. The Morgan fingerprint density at radius 1 is 1.47 bits per heavy atom. The van der Waals surface area contributed by atoms with Crippen molar-refractivity contribution in [3.05, 3.63) is 14.5 Å². The van der Waals surface area contributed by atoms with Gasteiger partial charge in [-0.1, -0.05) is 0 Å². The maximum absolute atomic E-state index is 12.0. The van der Waals surface area contributed by atoms with E-state index < -0.39 is 5.92 Å². The summed E-state index contributed by atoms with van der Waals surface area (Å²) in [5, 5.41) is 3.57. The summed E-state index contributed by atoms with van der Waals surface area (Å²) in [6, 6.07) is -0.319. The van der Waals surface area contributed by atoms with E-state index >= 15 is 0 Å². The first kappa shape index (κ1) is 16.1. The molecule has 0 fully saturated rings. The minimum absolute atomic E-state index is 0.292. The molecule has 7 heteroatoms. The molecule has 0 radical (unpaired) electrons. The number of esters is 1. The first-order valence-electron chi connectivity index (χ1n) is 5.97. The fourth-order valence-corrected chi connectivity index (χ4v) is 3.02. The van der Waals surface area contributed by atoms with Crippen LogP contribution in [0, 0.1) is 12.8 Å². The second-order valence-corrected chi connectivity index (χ2v) is 6.68. The smallest absolute Gasteiger partial charge is 0.310 e. The molecule has 0 saturated heterocycles. The third-order valence-electron chi connectivity index (χ3n) is 2.67. The summed E-state index contributed by atoms with van der Waals surface area (Å²) in [4.78, 5) is 27.7. The summed E-state index contributed by atoms with van der Waals surface area (Å²) in [7, 11) is 0. The number of thiazole rings is 1. The molecular weight excluding hydrogens is 332 g/mol. The van der Waals surface area contributed by atoms with Crippen molar-refractivity contribution in [2.75, 3.05) is 6.61 Å². The second-order valence-electron chi connectivity index (χ2n) is 4.16. The van der Waals surface area contributed by atoms with Gasteiger partial charge in [-0.2, -0.15) is 0 Å². The van der Waals surface area contributed by atoms with Crippen LogP contribution in [0.1, 0.15) is 36.3 Å². The van der Waals surface area contributed by atoms with E-state index in [9.17, 15) is 9.59 Å². The van der Waals surface area contributed by atoms with Gasteiger partial charge in [0.1, 0.15) is 3.79 Å². The van der Waals surface area contributed by atoms with Crippen LogP contribution in [-0.4, -0.2) is 29.5 Å². The Balaban J connectivity index is 2.66. The Bertz CT molecular complexity index is 476. The van der Waals surface area contributed by atoms with Crippen LogP contribution in [0.4, 0.5) is 0 Å². The minimum atomic E-state index is -0.401. The SMILES string of the molecule is CCOC(=O)C(C)C(C)NC(=O)c1nc(C)sc1Br. The van der Waals surface area contributed by atoms with Crippen LogP contribution in [0.5, 0.6) is 0 Å². The molecule has 1 amide bonds. The van der Waals surface area contributed by atoms with Gasteiger partial charge in [-0.3, -0.25) is 9.59 Å². The molecule has 2 atom stereocenters. The minimum Gasteiger partial charge on any atom is -0.466 e. The van der Waals surface area contributed by atoms with E-state index in [0.717, 1.165) is 5.01 Å². The highest BCUT2D eigenvalue weighted by atomic mass is 79.9. The van der Waals surface area contributed by atoms with Crippen LogP contribution in [-0.2, 0) is 9.53 Å². The molecule has 5 nitrogen and oxygen atoms in total. The molecule has 2 unspecified atom stereocenters. The zero-order chi connectivity index (χ0) is 14.6. The Kier molecular flexibility index (Phi) is 5.93. The van der Waals surface area contributed by atoms with Gasteiger partial charge in [0.05, 0.1) is 17.5 Å². The summed E-state index contributed by atoms with van der Waals surface area (Å²) in [6.07, 6.45) is 0. The molecule has 1 rings (SSSR count). The van der Waals surface area contributed by atoms with Crippen molar-refractivity contribution in [2.45, 2.75) is 33.7 Å². The van der Waals surface area contributed by atoms with Crippen molar-refractivity contribution in [1.82, 2.24) is 10.3 Å². The van der Waals surface area contributed by atoms with E-state index in [-0.39, 0.29) is 17.9 Å². The van der Waals surface area contributed by atoms with Gasteiger partial charge in [-0.05, 0) is 43.6 Å². The molecular formula is C12H17BrN2O3S. The Morgan fingerprint density at radius 3 is 2.58 bits per heavy atom. The molecule has 0 saturated carbocycles. The molecule has 1 aromatic heterocycles. The number of nitrogens with one attached hydrogen (secondary N) is 1. The number of ether oxygens (including phenoxy) is 1. The van der Waals surface area contributed by atoms with Crippen LogP contribution in [0.15, 0.2) is 3.79 Å². The number of hydrogen-bond acceptors (Lipinski definition) is 5. The van der Waals surface area contributed by atoms with Gasteiger partial charge >= 0.3 is 5.97 Å². The van der Waals surface area contributed by atoms with E-state index in [1.165, 1.54) is 11.3 Å². The molecule has 1 N–H and O–H groups in total. The van der Waals surface area contributed by atoms with Crippen LogP contribution in [0.2, 0.25) is 0 Å². The molecule has 0 spiro atoms. The standard InChI is InChI=1S/C12H17BrN2O3S/c1-5-18-12(17)6(2)7(3)14-11(16)9-10(13)19-8(4)15-9/h6-7H,5H2,1-4H3,(H,14,16). The first-order chi connectivity index (χ1) is 8.86. The number of rotatable bonds is 5. The van der Waals surface area contributed by atoms with E-state index in [1.807, 2.05) is 6.92 Å². The molecule has 0 aliphatic rings. The van der Waals surface area contributed by atoms with Gasteiger partial charge in [-0.15, -0.1) is 11.3 Å². The normalized spacial score (nSPS) is 13.7. The Morgan fingerprint density at radius 2 is 2.11 bits per heavy atom. The van der Waals surface area contributed by atoms with Crippen LogP contribution in [0.3, 0.4) is 0 Å². The van der Waals surface area contributed by atoms with Gasteiger partial charge in [0.15, 0.2) is 5.69 Å². The lowest BCUT2D eigenvalue weighted by atomic mass is 10.0.